The van der Waals surface area contributed by atoms with E-state index in [9.17, 15) is 14.0 Å². The summed E-state index contributed by atoms with van der Waals surface area (Å²) in [5.41, 5.74) is 2.47. The average molecular weight is 383 g/mol. The van der Waals surface area contributed by atoms with E-state index < -0.39 is 5.97 Å². The van der Waals surface area contributed by atoms with E-state index in [2.05, 4.69) is 4.98 Å². The number of amides is 1. The highest BCUT2D eigenvalue weighted by molar-refractivity contribution is 5.82. The molecule has 28 heavy (non-hydrogen) atoms. The molecule has 0 saturated heterocycles. The van der Waals surface area contributed by atoms with Crippen LogP contribution in [0.15, 0.2) is 48.5 Å². The highest BCUT2D eigenvalue weighted by Crippen LogP contribution is 2.16. The Balaban J connectivity index is 1.57. The third-order valence-corrected chi connectivity index (χ3v) is 4.45. The Morgan fingerprint density at radius 2 is 1.86 bits per heavy atom. The van der Waals surface area contributed by atoms with E-state index in [0.29, 0.717) is 13.0 Å². The van der Waals surface area contributed by atoms with Gasteiger partial charge >= 0.3 is 5.97 Å². The number of aryl methyl sites for hydroxylation is 1. The predicted octanol–water partition coefficient (Wildman–Crippen LogP) is 2.94. The largest absolute Gasteiger partial charge is 0.454 e. The number of esters is 1. The summed E-state index contributed by atoms with van der Waals surface area (Å²) in [6.07, 6.45) is 0.682. The third kappa shape index (κ3) is 4.54. The van der Waals surface area contributed by atoms with Crippen LogP contribution in [0.1, 0.15) is 18.3 Å². The molecule has 0 saturated carbocycles. The van der Waals surface area contributed by atoms with Gasteiger partial charge in [-0.25, -0.2) is 9.37 Å². The van der Waals surface area contributed by atoms with Crippen molar-refractivity contribution in [1.82, 2.24) is 14.5 Å². The SMILES string of the molecule is CCc1nc2ccccc2n1CC(=O)OCC(=O)N(C)Cc1ccc(F)cc1. The van der Waals surface area contributed by atoms with Crippen LogP contribution in [0.25, 0.3) is 11.0 Å². The molecule has 1 aromatic heterocycles. The monoisotopic (exact) mass is 383 g/mol. The normalized spacial score (nSPS) is 10.8. The average Bonchev–Trinajstić information content (AvgIpc) is 3.05. The van der Waals surface area contributed by atoms with E-state index >= 15 is 0 Å². The van der Waals surface area contributed by atoms with E-state index in [1.165, 1.54) is 17.0 Å². The van der Waals surface area contributed by atoms with Gasteiger partial charge in [0.1, 0.15) is 18.2 Å². The molecule has 1 amide bonds. The van der Waals surface area contributed by atoms with Crippen molar-refractivity contribution in [2.45, 2.75) is 26.4 Å². The van der Waals surface area contributed by atoms with Gasteiger partial charge in [-0.15, -0.1) is 0 Å². The van der Waals surface area contributed by atoms with Crippen molar-refractivity contribution in [1.29, 1.82) is 0 Å². The number of carbonyl (C=O) groups excluding carboxylic acids is 2. The van der Waals surface area contributed by atoms with Gasteiger partial charge in [-0.3, -0.25) is 9.59 Å². The number of aromatic nitrogens is 2. The maximum Gasteiger partial charge on any atom is 0.326 e. The highest BCUT2D eigenvalue weighted by atomic mass is 19.1. The Hall–Kier alpha value is -3.22. The molecule has 0 aliphatic carbocycles. The number of nitrogens with zero attached hydrogens (tertiary/aromatic N) is 3. The molecule has 7 heteroatoms. The lowest BCUT2D eigenvalue weighted by Gasteiger charge is -2.17. The maximum atomic E-state index is 13.0. The van der Waals surface area contributed by atoms with Crippen LogP contribution in [0.2, 0.25) is 0 Å². The zero-order valence-electron chi connectivity index (χ0n) is 15.9. The van der Waals surface area contributed by atoms with Crippen LogP contribution in [-0.2, 0) is 33.8 Å². The molecule has 3 rings (SSSR count). The van der Waals surface area contributed by atoms with Crippen LogP contribution >= 0.6 is 0 Å². The number of rotatable bonds is 7. The quantitative estimate of drug-likeness (QED) is 0.589. The van der Waals surface area contributed by atoms with Gasteiger partial charge in [-0.1, -0.05) is 31.2 Å². The number of likely N-dealkylation sites (N-methyl/N-ethyl adjacent to an activating group) is 1. The van der Waals surface area contributed by atoms with E-state index in [1.54, 1.807) is 19.2 Å². The molecule has 0 atom stereocenters. The molecule has 0 N–H and O–H groups in total. The minimum Gasteiger partial charge on any atom is -0.454 e. The molecule has 0 unspecified atom stereocenters. The van der Waals surface area contributed by atoms with Gasteiger partial charge in [0.15, 0.2) is 6.61 Å². The van der Waals surface area contributed by atoms with Gasteiger partial charge in [-0.05, 0) is 29.8 Å². The number of para-hydroxylation sites is 2. The molecule has 0 radical (unpaired) electrons. The molecule has 3 aromatic rings. The van der Waals surface area contributed by atoms with Gasteiger partial charge in [0, 0.05) is 20.0 Å². The summed E-state index contributed by atoms with van der Waals surface area (Å²) in [5, 5.41) is 0. The van der Waals surface area contributed by atoms with Crippen LogP contribution in [0, 0.1) is 5.82 Å². The molecular formula is C21H22FN3O3. The molecule has 146 valence electrons. The van der Waals surface area contributed by atoms with Crippen LogP contribution in [-0.4, -0.2) is 40.0 Å². The number of ether oxygens (including phenoxy) is 1. The zero-order valence-corrected chi connectivity index (χ0v) is 15.9. The molecule has 0 aliphatic heterocycles. The Morgan fingerprint density at radius 3 is 2.57 bits per heavy atom. The van der Waals surface area contributed by atoms with Crippen molar-refractivity contribution < 1.29 is 18.7 Å². The fourth-order valence-corrected chi connectivity index (χ4v) is 2.95. The minimum atomic E-state index is -0.499. The summed E-state index contributed by atoms with van der Waals surface area (Å²) in [6.45, 7) is 1.93. The predicted molar refractivity (Wildman–Crippen MR) is 103 cm³/mol. The third-order valence-electron chi connectivity index (χ3n) is 4.45. The number of hydrogen-bond acceptors (Lipinski definition) is 4. The lowest BCUT2D eigenvalue weighted by atomic mass is 10.2. The Morgan fingerprint density at radius 1 is 1.14 bits per heavy atom. The van der Waals surface area contributed by atoms with Crippen molar-refractivity contribution in [2.75, 3.05) is 13.7 Å². The molecular weight excluding hydrogens is 361 g/mol. The smallest absolute Gasteiger partial charge is 0.326 e. The van der Waals surface area contributed by atoms with Gasteiger partial charge < -0.3 is 14.2 Å². The first-order chi connectivity index (χ1) is 13.5. The summed E-state index contributed by atoms with van der Waals surface area (Å²) in [5.74, 6) is -0.367. The Kier molecular flexibility index (Phi) is 6.03. The van der Waals surface area contributed by atoms with E-state index in [-0.39, 0.29) is 24.9 Å². The fraction of sp³-hybridized carbons (Fsp3) is 0.286. The summed E-state index contributed by atoms with van der Waals surface area (Å²) in [6, 6.07) is 13.5. The minimum absolute atomic E-state index is 0.00135. The second-order valence-electron chi connectivity index (χ2n) is 6.49. The van der Waals surface area contributed by atoms with Gasteiger partial charge in [0.05, 0.1) is 11.0 Å². The van der Waals surface area contributed by atoms with Gasteiger partial charge in [0.2, 0.25) is 0 Å². The fourth-order valence-electron chi connectivity index (χ4n) is 2.95. The van der Waals surface area contributed by atoms with E-state index in [1.807, 2.05) is 35.8 Å². The van der Waals surface area contributed by atoms with Crippen LogP contribution in [0.3, 0.4) is 0 Å². The van der Waals surface area contributed by atoms with E-state index in [4.69, 9.17) is 4.74 Å². The summed E-state index contributed by atoms with van der Waals surface area (Å²) < 4.78 is 19.9. The van der Waals surface area contributed by atoms with Crippen molar-refractivity contribution in [3.8, 4) is 0 Å². The lowest BCUT2D eigenvalue weighted by Crippen LogP contribution is -2.31. The van der Waals surface area contributed by atoms with Gasteiger partial charge in [0.25, 0.3) is 5.91 Å². The highest BCUT2D eigenvalue weighted by Gasteiger charge is 2.16. The maximum absolute atomic E-state index is 13.0. The second kappa shape index (κ2) is 8.65. The standard InChI is InChI=1S/C21H22FN3O3/c1-3-19-23-17-6-4-5-7-18(17)25(19)13-21(27)28-14-20(26)24(2)12-15-8-10-16(22)11-9-15/h4-11H,3,12-14H2,1-2H3. The number of benzene rings is 2. The van der Waals surface area contributed by atoms with E-state index in [0.717, 1.165) is 22.4 Å². The summed E-state index contributed by atoms with van der Waals surface area (Å²) >= 11 is 0. The van der Waals surface area contributed by atoms with Crippen molar-refractivity contribution in [3.05, 3.63) is 65.7 Å². The number of carbonyl (C=O) groups is 2. The number of fused-ring (bicyclic) bond motifs is 1. The lowest BCUT2D eigenvalue weighted by molar-refractivity contribution is -0.152. The molecule has 2 aromatic carbocycles. The van der Waals surface area contributed by atoms with Gasteiger partial charge in [-0.2, -0.15) is 0 Å². The first-order valence-corrected chi connectivity index (χ1v) is 9.06. The number of halogens is 1. The molecule has 0 spiro atoms. The second-order valence-corrected chi connectivity index (χ2v) is 6.49. The van der Waals surface area contributed by atoms with Crippen LogP contribution in [0.5, 0.6) is 0 Å². The molecule has 1 heterocycles. The number of imidazole rings is 1. The van der Waals surface area contributed by atoms with Crippen molar-refractivity contribution >= 4 is 22.9 Å². The first kappa shape index (κ1) is 19.5. The first-order valence-electron chi connectivity index (χ1n) is 9.06. The van der Waals surface area contributed by atoms with Crippen LogP contribution in [0.4, 0.5) is 4.39 Å². The Labute approximate surface area is 162 Å². The summed E-state index contributed by atoms with van der Waals surface area (Å²) in [4.78, 5) is 30.4. The topological polar surface area (TPSA) is 64.4 Å². The molecule has 0 bridgehead atoms. The Bertz CT molecular complexity index is 982. The molecule has 6 nitrogen and oxygen atoms in total. The number of hydrogen-bond donors (Lipinski definition) is 0. The summed E-state index contributed by atoms with van der Waals surface area (Å²) in [7, 11) is 1.61. The molecule has 0 aliphatic rings. The van der Waals surface area contributed by atoms with Crippen molar-refractivity contribution in [3.63, 3.8) is 0 Å². The zero-order chi connectivity index (χ0) is 20.1. The molecule has 0 fully saturated rings. The van der Waals surface area contributed by atoms with Crippen molar-refractivity contribution in [2.24, 2.45) is 0 Å². The van der Waals surface area contributed by atoms with Crippen LogP contribution < -0.4 is 0 Å².